The van der Waals surface area contributed by atoms with Crippen molar-refractivity contribution in [2.45, 2.75) is 38.8 Å². The molecule has 3 aromatic rings. The second kappa shape index (κ2) is 7.39. The lowest BCUT2D eigenvalue weighted by molar-refractivity contribution is -0.131. The fourth-order valence-electron chi connectivity index (χ4n) is 3.94. The molecule has 1 saturated heterocycles. The third-order valence-electron chi connectivity index (χ3n) is 5.19. The number of aryl methyl sites for hydroxylation is 1. The van der Waals surface area contributed by atoms with Crippen LogP contribution in [0.5, 0.6) is 5.88 Å². The first-order valence-corrected chi connectivity index (χ1v) is 9.45. The Morgan fingerprint density at radius 1 is 1.19 bits per heavy atom. The molecule has 3 heterocycles. The molecule has 0 aliphatic carbocycles. The first-order valence-electron chi connectivity index (χ1n) is 9.45. The molecule has 2 aromatic heterocycles. The van der Waals surface area contributed by atoms with Gasteiger partial charge >= 0.3 is 0 Å². The molecule has 1 atom stereocenters. The molecule has 4 rings (SSSR count). The van der Waals surface area contributed by atoms with E-state index >= 15 is 0 Å². The summed E-state index contributed by atoms with van der Waals surface area (Å²) in [4.78, 5) is 24.2. The molecule has 140 valence electrons. The third kappa shape index (κ3) is 3.27. The smallest absolute Gasteiger partial charge is 0.229 e. The highest BCUT2D eigenvalue weighted by Crippen LogP contribution is 2.33. The van der Waals surface area contributed by atoms with Crippen molar-refractivity contribution in [2.75, 3.05) is 13.7 Å². The van der Waals surface area contributed by atoms with Crippen molar-refractivity contribution < 1.29 is 9.53 Å². The lowest BCUT2D eigenvalue weighted by atomic mass is 10.2. The van der Waals surface area contributed by atoms with Crippen molar-refractivity contribution in [3.05, 3.63) is 54.0 Å². The van der Waals surface area contributed by atoms with Gasteiger partial charge in [0.25, 0.3) is 0 Å². The molecule has 1 fully saturated rings. The summed E-state index contributed by atoms with van der Waals surface area (Å²) in [6, 6.07) is 13.7. The summed E-state index contributed by atoms with van der Waals surface area (Å²) < 4.78 is 7.40. The number of fused-ring (bicyclic) bond motifs is 1. The van der Waals surface area contributed by atoms with Crippen LogP contribution in [0.2, 0.25) is 0 Å². The van der Waals surface area contributed by atoms with Crippen molar-refractivity contribution in [3.8, 4) is 5.88 Å². The number of hydrogen-bond donors (Lipinski definition) is 0. The fraction of sp³-hybridized carbons (Fsp3) is 0.381. The monoisotopic (exact) mass is 364 g/mol. The van der Waals surface area contributed by atoms with Gasteiger partial charge in [-0.25, -0.2) is 9.97 Å². The van der Waals surface area contributed by atoms with E-state index in [0.29, 0.717) is 5.88 Å². The minimum absolute atomic E-state index is 0.0236. The van der Waals surface area contributed by atoms with Gasteiger partial charge in [-0.05, 0) is 38.0 Å². The lowest BCUT2D eigenvalue weighted by Crippen LogP contribution is -2.33. The number of aromatic nitrogens is 3. The number of nitrogens with zero attached hydrogens (tertiary/aromatic N) is 4. The topological polar surface area (TPSA) is 60.2 Å². The van der Waals surface area contributed by atoms with Gasteiger partial charge in [-0.3, -0.25) is 4.79 Å². The Bertz CT molecular complexity index is 966. The van der Waals surface area contributed by atoms with Crippen LogP contribution in [0.3, 0.4) is 0 Å². The number of rotatable bonds is 5. The maximum atomic E-state index is 13.0. The average molecular weight is 364 g/mol. The van der Waals surface area contributed by atoms with E-state index in [2.05, 4.69) is 22.5 Å². The van der Waals surface area contributed by atoms with E-state index < -0.39 is 0 Å². The number of likely N-dealkylation sites (tertiary alicyclic amines) is 1. The van der Waals surface area contributed by atoms with Gasteiger partial charge in [-0.1, -0.05) is 18.2 Å². The van der Waals surface area contributed by atoms with Crippen molar-refractivity contribution in [1.29, 1.82) is 0 Å². The molecule has 27 heavy (non-hydrogen) atoms. The van der Waals surface area contributed by atoms with Gasteiger partial charge in [0.1, 0.15) is 5.82 Å². The first-order chi connectivity index (χ1) is 13.2. The second-order valence-electron chi connectivity index (χ2n) is 6.80. The number of pyridine rings is 1. The summed E-state index contributed by atoms with van der Waals surface area (Å²) in [7, 11) is 1.58. The Morgan fingerprint density at radius 3 is 2.85 bits per heavy atom. The van der Waals surface area contributed by atoms with Gasteiger partial charge in [-0.15, -0.1) is 0 Å². The summed E-state index contributed by atoms with van der Waals surface area (Å²) in [6.45, 7) is 3.73. The van der Waals surface area contributed by atoms with Gasteiger partial charge in [0, 0.05) is 19.2 Å². The number of imidazole rings is 1. The molecule has 0 unspecified atom stereocenters. The van der Waals surface area contributed by atoms with E-state index in [9.17, 15) is 4.79 Å². The predicted molar refractivity (Wildman–Crippen MR) is 104 cm³/mol. The molecule has 0 spiro atoms. The van der Waals surface area contributed by atoms with E-state index in [1.165, 1.54) is 0 Å². The number of carbonyl (C=O) groups excluding carboxylic acids is 1. The van der Waals surface area contributed by atoms with Crippen LogP contribution in [0.4, 0.5) is 0 Å². The largest absolute Gasteiger partial charge is 0.481 e. The Balaban J connectivity index is 1.61. The van der Waals surface area contributed by atoms with Crippen LogP contribution in [-0.4, -0.2) is 39.0 Å². The summed E-state index contributed by atoms with van der Waals surface area (Å²) >= 11 is 0. The Hall–Kier alpha value is -2.89. The molecule has 1 aliphatic heterocycles. The highest BCUT2D eigenvalue weighted by molar-refractivity contribution is 5.80. The number of para-hydroxylation sites is 2. The number of hydrogen-bond acceptors (Lipinski definition) is 4. The zero-order valence-corrected chi connectivity index (χ0v) is 15.8. The van der Waals surface area contributed by atoms with Crippen molar-refractivity contribution in [2.24, 2.45) is 0 Å². The van der Waals surface area contributed by atoms with Crippen molar-refractivity contribution in [1.82, 2.24) is 19.4 Å². The predicted octanol–water partition coefficient (Wildman–Crippen LogP) is 3.37. The van der Waals surface area contributed by atoms with E-state index in [4.69, 9.17) is 9.72 Å². The Labute approximate surface area is 158 Å². The van der Waals surface area contributed by atoms with Gasteiger partial charge in [-0.2, -0.15) is 0 Å². The summed E-state index contributed by atoms with van der Waals surface area (Å²) in [5.74, 6) is 1.61. The quantitative estimate of drug-likeness (QED) is 0.696. The van der Waals surface area contributed by atoms with Crippen molar-refractivity contribution >= 4 is 16.9 Å². The van der Waals surface area contributed by atoms with E-state index in [0.717, 1.165) is 48.5 Å². The number of amides is 1. The SMILES string of the molecule is CCn1c([C@H]2CCCN2C(=O)Cc2cccc(OC)n2)nc2ccccc21. The average Bonchev–Trinajstić information content (AvgIpc) is 3.32. The van der Waals surface area contributed by atoms with Crippen LogP contribution in [0.1, 0.15) is 37.3 Å². The summed E-state index contributed by atoms with van der Waals surface area (Å²) in [5, 5.41) is 0. The lowest BCUT2D eigenvalue weighted by Gasteiger charge is -2.25. The molecule has 1 amide bonds. The first kappa shape index (κ1) is 17.5. The summed E-state index contributed by atoms with van der Waals surface area (Å²) in [5.41, 5.74) is 2.85. The molecule has 1 aromatic carbocycles. The number of carbonyl (C=O) groups is 1. The van der Waals surface area contributed by atoms with Crippen LogP contribution < -0.4 is 4.74 Å². The number of methoxy groups -OCH3 is 1. The van der Waals surface area contributed by atoms with E-state index in [1.54, 1.807) is 13.2 Å². The van der Waals surface area contributed by atoms with Crippen LogP contribution in [-0.2, 0) is 17.8 Å². The molecular weight excluding hydrogens is 340 g/mol. The molecule has 0 saturated carbocycles. The highest BCUT2D eigenvalue weighted by atomic mass is 16.5. The summed E-state index contributed by atoms with van der Waals surface area (Å²) in [6.07, 6.45) is 2.22. The third-order valence-corrected chi connectivity index (χ3v) is 5.19. The van der Waals surface area contributed by atoms with Crippen LogP contribution in [0, 0.1) is 0 Å². The standard InChI is InChI=1S/C21H24N4O2/c1-3-24-17-10-5-4-9-16(17)23-21(24)18-11-7-13-25(18)20(26)14-15-8-6-12-19(22-15)27-2/h4-6,8-10,12,18H,3,7,11,13-14H2,1-2H3/t18-/m1/s1. The zero-order valence-electron chi connectivity index (χ0n) is 15.8. The number of benzene rings is 1. The molecule has 0 N–H and O–H groups in total. The van der Waals surface area contributed by atoms with Crippen molar-refractivity contribution in [3.63, 3.8) is 0 Å². The Kier molecular flexibility index (Phi) is 4.79. The molecule has 6 nitrogen and oxygen atoms in total. The minimum atomic E-state index is 0.0236. The normalized spacial score (nSPS) is 16.8. The van der Waals surface area contributed by atoms with Crippen LogP contribution in [0.25, 0.3) is 11.0 Å². The van der Waals surface area contributed by atoms with E-state index in [1.807, 2.05) is 35.2 Å². The highest BCUT2D eigenvalue weighted by Gasteiger charge is 2.33. The van der Waals surface area contributed by atoms with Gasteiger partial charge in [0.2, 0.25) is 11.8 Å². The maximum absolute atomic E-state index is 13.0. The number of ether oxygens (including phenoxy) is 1. The van der Waals surface area contributed by atoms with Crippen LogP contribution >= 0.6 is 0 Å². The van der Waals surface area contributed by atoms with Crippen LogP contribution in [0.15, 0.2) is 42.5 Å². The fourth-order valence-corrected chi connectivity index (χ4v) is 3.94. The van der Waals surface area contributed by atoms with Gasteiger partial charge in [0.05, 0.1) is 36.3 Å². The second-order valence-corrected chi connectivity index (χ2v) is 6.80. The molecule has 1 aliphatic rings. The maximum Gasteiger partial charge on any atom is 0.229 e. The molecule has 0 bridgehead atoms. The van der Waals surface area contributed by atoms with E-state index in [-0.39, 0.29) is 18.4 Å². The Morgan fingerprint density at radius 2 is 2.04 bits per heavy atom. The van der Waals surface area contributed by atoms with Gasteiger partial charge < -0.3 is 14.2 Å². The zero-order chi connectivity index (χ0) is 18.8. The van der Waals surface area contributed by atoms with Gasteiger partial charge in [0.15, 0.2) is 0 Å². The minimum Gasteiger partial charge on any atom is -0.481 e. The molecular formula is C21H24N4O2. The molecule has 0 radical (unpaired) electrons. The molecule has 6 heteroatoms.